The van der Waals surface area contributed by atoms with Gasteiger partial charge in [-0.3, -0.25) is 0 Å². The van der Waals surface area contributed by atoms with Crippen molar-refractivity contribution in [3.05, 3.63) is 231 Å². The average Bonchev–Trinajstić information content (AvgIpc) is 3.80. The van der Waals surface area contributed by atoms with E-state index in [1.165, 1.54) is 131 Å². The van der Waals surface area contributed by atoms with Gasteiger partial charge in [-0.2, -0.15) is 0 Å². The van der Waals surface area contributed by atoms with Crippen LogP contribution in [0.1, 0.15) is 0 Å². The Balaban J connectivity index is 0.927. The van der Waals surface area contributed by atoms with Crippen molar-refractivity contribution in [2.75, 3.05) is 0 Å². The van der Waals surface area contributed by atoms with Crippen molar-refractivity contribution in [2.45, 2.75) is 26.2 Å². The minimum Gasteiger partial charge on any atom is -0.0622 e. The molecule has 0 saturated carbocycles. The Morgan fingerprint density at radius 2 is 0.514 bits per heavy atom. The summed E-state index contributed by atoms with van der Waals surface area (Å²) in [7, 11) is -4.64. The van der Waals surface area contributed by atoms with Crippen LogP contribution in [0.4, 0.5) is 0 Å². The van der Waals surface area contributed by atoms with Crippen LogP contribution in [0, 0.1) is 0 Å². The van der Waals surface area contributed by atoms with Crippen LogP contribution in [0.5, 0.6) is 0 Å². The maximum Gasteiger partial charge on any atom is 0.113 e. The normalized spacial score (nSPS) is 14.1. The average molecular weight is 947 g/mol. The van der Waals surface area contributed by atoms with Gasteiger partial charge in [0.1, 0.15) is 16.1 Å². The van der Waals surface area contributed by atoms with Gasteiger partial charge in [-0.25, -0.2) is 0 Å². The first-order chi connectivity index (χ1) is 35.3. The van der Waals surface area contributed by atoms with Crippen LogP contribution in [-0.4, -0.2) is 16.1 Å². The molecule has 338 valence electrons. The van der Waals surface area contributed by atoms with E-state index in [0.717, 1.165) is 0 Å². The first-order valence-corrected chi connectivity index (χ1v) is 31.6. The lowest BCUT2D eigenvalue weighted by Crippen LogP contribution is -2.63. The standard InChI is InChI=1S/C70H50Si2/c1-71(2)61-41-47(65-51-26-12-10-24-49(51)63(44-21-6-5-7-22-44)50-25-11-13-27-52(50)65)36-38-59(61)67-57-32-18-19-33-58(57)68-60-39-37-48(42-62(60)72(3,4)70(68)69(67)71)66-55-30-16-14-28-53(55)64(54-29-15-17-31-56(54)66)46-35-34-43-20-8-9-23-45(43)40-46/h5-42H,1-4H3. The van der Waals surface area contributed by atoms with E-state index >= 15 is 0 Å². The Morgan fingerprint density at radius 3 is 0.903 bits per heavy atom. The number of benzene rings is 13. The minimum absolute atomic E-state index is 1.26. The van der Waals surface area contributed by atoms with Gasteiger partial charge in [0, 0.05) is 0 Å². The highest BCUT2D eigenvalue weighted by molar-refractivity contribution is 7.13. The lowest BCUT2D eigenvalue weighted by Gasteiger charge is -2.29. The van der Waals surface area contributed by atoms with E-state index in [1.54, 1.807) is 20.7 Å². The summed E-state index contributed by atoms with van der Waals surface area (Å²) in [5.41, 5.74) is 16.3. The largest absolute Gasteiger partial charge is 0.113 e. The third-order valence-electron chi connectivity index (χ3n) is 16.9. The second kappa shape index (κ2) is 15.2. The van der Waals surface area contributed by atoms with Crippen LogP contribution >= 0.6 is 0 Å². The van der Waals surface area contributed by atoms with Crippen LogP contribution in [0.15, 0.2) is 231 Å². The first-order valence-electron chi connectivity index (χ1n) is 25.6. The second-order valence-electron chi connectivity index (χ2n) is 21.4. The van der Waals surface area contributed by atoms with Gasteiger partial charge in [0.15, 0.2) is 0 Å². The van der Waals surface area contributed by atoms with Crippen molar-refractivity contribution < 1.29 is 0 Å². The van der Waals surface area contributed by atoms with Gasteiger partial charge in [0.2, 0.25) is 0 Å². The van der Waals surface area contributed by atoms with Gasteiger partial charge in [0.25, 0.3) is 0 Å². The first kappa shape index (κ1) is 41.6. The van der Waals surface area contributed by atoms with Crippen molar-refractivity contribution in [1.29, 1.82) is 0 Å². The molecule has 0 spiro atoms. The van der Waals surface area contributed by atoms with Crippen molar-refractivity contribution in [1.82, 2.24) is 0 Å². The molecule has 2 aliphatic heterocycles. The molecule has 72 heavy (non-hydrogen) atoms. The van der Waals surface area contributed by atoms with E-state index < -0.39 is 16.1 Å². The van der Waals surface area contributed by atoms with E-state index in [-0.39, 0.29) is 0 Å². The Kier molecular flexibility index (Phi) is 8.78. The summed E-state index contributed by atoms with van der Waals surface area (Å²) in [6.45, 7) is 10.6. The van der Waals surface area contributed by atoms with Crippen molar-refractivity contribution in [3.8, 4) is 66.8 Å². The molecule has 15 rings (SSSR count). The molecule has 0 unspecified atom stereocenters. The van der Waals surface area contributed by atoms with Gasteiger partial charge in [0.05, 0.1) is 0 Å². The van der Waals surface area contributed by atoms with E-state index in [4.69, 9.17) is 0 Å². The monoisotopic (exact) mass is 946 g/mol. The molecule has 13 aromatic carbocycles. The molecule has 0 nitrogen and oxygen atoms in total. The third-order valence-corrected chi connectivity index (χ3v) is 24.2. The summed E-state index contributed by atoms with van der Waals surface area (Å²) in [4.78, 5) is 0. The molecular weight excluding hydrogens is 897 g/mol. The number of rotatable bonds is 4. The number of fused-ring (bicyclic) bond motifs is 15. The van der Waals surface area contributed by atoms with Crippen molar-refractivity contribution >= 4 is 102 Å². The van der Waals surface area contributed by atoms with Crippen LogP contribution < -0.4 is 20.7 Å². The highest BCUT2D eigenvalue weighted by Crippen LogP contribution is 2.48. The molecule has 0 N–H and O–H groups in total. The molecule has 0 radical (unpaired) electrons. The lowest BCUT2D eigenvalue weighted by atomic mass is 9.85. The molecule has 0 saturated heterocycles. The zero-order valence-corrected chi connectivity index (χ0v) is 42.9. The van der Waals surface area contributed by atoms with E-state index in [0.29, 0.717) is 0 Å². The molecule has 0 aliphatic carbocycles. The highest BCUT2D eigenvalue weighted by Gasteiger charge is 2.49. The number of hydrogen-bond donors (Lipinski definition) is 0. The lowest BCUT2D eigenvalue weighted by molar-refractivity contribution is 1.66. The van der Waals surface area contributed by atoms with Gasteiger partial charge >= 0.3 is 0 Å². The van der Waals surface area contributed by atoms with E-state index in [9.17, 15) is 0 Å². The summed E-state index contributed by atoms with van der Waals surface area (Å²) in [5.74, 6) is 0. The maximum absolute atomic E-state index is 2.65. The topological polar surface area (TPSA) is 0 Å². The van der Waals surface area contributed by atoms with Crippen LogP contribution in [0.25, 0.3) is 131 Å². The molecule has 2 aliphatic rings. The molecule has 2 heterocycles. The summed E-state index contributed by atoms with van der Waals surface area (Å²) in [6.07, 6.45) is 0. The zero-order valence-electron chi connectivity index (χ0n) is 40.9. The maximum atomic E-state index is 2.65. The Labute approximate surface area is 422 Å². The molecule has 0 aromatic heterocycles. The molecular formula is C70H50Si2. The fourth-order valence-electron chi connectivity index (χ4n) is 13.8. The highest BCUT2D eigenvalue weighted by atomic mass is 28.3. The smallest absolute Gasteiger partial charge is 0.0622 e. The molecule has 0 fully saturated rings. The van der Waals surface area contributed by atoms with Gasteiger partial charge in [-0.15, -0.1) is 0 Å². The van der Waals surface area contributed by atoms with Crippen LogP contribution in [-0.2, 0) is 0 Å². The zero-order chi connectivity index (χ0) is 48.0. The second-order valence-corrected chi connectivity index (χ2v) is 30.0. The van der Waals surface area contributed by atoms with Gasteiger partial charge in [-0.05, 0) is 158 Å². The van der Waals surface area contributed by atoms with E-state index in [1.807, 2.05) is 0 Å². The quantitative estimate of drug-likeness (QED) is 0.122. The summed E-state index contributed by atoms with van der Waals surface area (Å²) in [5, 5.41) is 22.2. The van der Waals surface area contributed by atoms with Crippen molar-refractivity contribution in [3.63, 3.8) is 0 Å². The SMILES string of the molecule is C[Si]1(C)c2cc(-c3c4ccccc4c(-c4ccccc4)c4ccccc34)ccc2-c2c1c1c(c3ccccc23)-c2ccc(-c3c4ccccc4c(-c4ccc5ccccc5c4)c4ccccc34)cc2[Si]1(C)C. The third kappa shape index (κ3) is 5.68. The molecule has 0 atom stereocenters. The van der Waals surface area contributed by atoms with Gasteiger partial charge in [-0.1, -0.05) is 251 Å². The fraction of sp³-hybridized carbons (Fsp3) is 0.0571. The Morgan fingerprint density at radius 1 is 0.222 bits per heavy atom. The van der Waals surface area contributed by atoms with Crippen LogP contribution in [0.3, 0.4) is 0 Å². The van der Waals surface area contributed by atoms with E-state index in [2.05, 4.69) is 257 Å². The fourth-order valence-corrected chi connectivity index (χ4v) is 22.3. The Bertz CT molecular complexity index is 4380. The predicted molar refractivity (Wildman–Crippen MR) is 318 cm³/mol. The predicted octanol–water partition coefficient (Wildman–Crippen LogP) is 16.9. The summed E-state index contributed by atoms with van der Waals surface area (Å²) >= 11 is 0. The molecule has 2 heteroatoms. The summed E-state index contributed by atoms with van der Waals surface area (Å²) < 4.78 is 0. The Hall–Kier alpha value is -8.15. The van der Waals surface area contributed by atoms with Crippen LogP contribution in [0.2, 0.25) is 26.2 Å². The molecule has 0 bridgehead atoms. The van der Waals surface area contributed by atoms with Gasteiger partial charge < -0.3 is 0 Å². The molecule has 13 aromatic rings. The molecule has 0 amide bonds. The minimum atomic E-state index is -2.33. The summed E-state index contributed by atoms with van der Waals surface area (Å²) in [6, 6.07) is 87.7. The van der Waals surface area contributed by atoms with Crippen molar-refractivity contribution in [2.24, 2.45) is 0 Å². The number of hydrogen-bond acceptors (Lipinski definition) is 0.